The molecule has 2 rings (SSSR count). The van der Waals surface area contributed by atoms with E-state index in [1.165, 1.54) is 15.3 Å². The van der Waals surface area contributed by atoms with Crippen molar-refractivity contribution in [3.8, 4) is 0 Å². The quantitative estimate of drug-likeness (QED) is 0.906. The fraction of sp³-hybridized carbons (Fsp3) is 0.533. The first-order valence-electron chi connectivity index (χ1n) is 6.53. The molecule has 2 nitrogen and oxygen atoms in total. The number of rotatable bonds is 3. The van der Waals surface area contributed by atoms with E-state index in [-0.39, 0.29) is 5.41 Å². The van der Waals surface area contributed by atoms with Crippen LogP contribution >= 0.6 is 11.3 Å². The summed E-state index contributed by atoms with van der Waals surface area (Å²) < 4.78 is 1.28. The van der Waals surface area contributed by atoms with E-state index in [2.05, 4.69) is 45.9 Å². The summed E-state index contributed by atoms with van der Waals surface area (Å²) in [6, 6.07) is 6.64. The summed E-state index contributed by atoms with van der Waals surface area (Å²) in [6.45, 7) is 9.60. The second-order valence-corrected chi connectivity index (χ2v) is 7.01. The standard InChI is InChI=1S/C15H22N2S/c1-10(7-8-16)11-5-6-13-12(9-11)17-14(18-13)15(2,3)4/h5-6,9-10H,7-8,16H2,1-4H3. The highest BCUT2D eigenvalue weighted by Gasteiger charge is 2.19. The van der Waals surface area contributed by atoms with Crippen molar-refractivity contribution in [2.75, 3.05) is 6.54 Å². The zero-order chi connectivity index (χ0) is 13.3. The molecule has 1 heterocycles. The molecule has 1 aromatic heterocycles. The van der Waals surface area contributed by atoms with Gasteiger partial charge in [-0.2, -0.15) is 0 Å². The van der Waals surface area contributed by atoms with Crippen molar-refractivity contribution in [3.63, 3.8) is 0 Å². The largest absolute Gasteiger partial charge is 0.330 e. The Bertz CT molecular complexity index is 537. The van der Waals surface area contributed by atoms with Crippen LogP contribution in [-0.2, 0) is 5.41 Å². The number of aromatic nitrogens is 1. The molecule has 2 aromatic rings. The average Bonchev–Trinajstić information content (AvgIpc) is 2.71. The second-order valence-electron chi connectivity index (χ2n) is 5.97. The Kier molecular flexibility index (Phi) is 3.74. The minimum Gasteiger partial charge on any atom is -0.330 e. The first-order valence-corrected chi connectivity index (χ1v) is 7.34. The fourth-order valence-electron chi connectivity index (χ4n) is 1.99. The molecule has 1 unspecified atom stereocenters. The molecule has 0 aliphatic rings. The van der Waals surface area contributed by atoms with E-state index in [0.29, 0.717) is 5.92 Å². The molecular weight excluding hydrogens is 240 g/mol. The maximum atomic E-state index is 5.63. The fourth-order valence-corrected chi connectivity index (χ4v) is 2.99. The predicted octanol–water partition coefficient (Wildman–Crippen LogP) is 4.05. The van der Waals surface area contributed by atoms with Crippen molar-refractivity contribution < 1.29 is 0 Å². The molecule has 0 amide bonds. The molecular formula is C15H22N2S. The molecule has 1 atom stereocenters. The van der Waals surface area contributed by atoms with Crippen LogP contribution in [0.4, 0.5) is 0 Å². The first kappa shape index (κ1) is 13.5. The molecule has 0 bridgehead atoms. The Hall–Kier alpha value is -0.930. The molecule has 3 heteroatoms. The van der Waals surface area contributed by atoms with Crippen molar-refractivity contribution in [3.05, 3.63) is 28.8 Å². The smallest absolute Gasteiger partial charge is 0.0992 e. The molecule has 0 radical (unpaired) electrons. The van der Waals surface area contributed by atoms with Crippen LogP contribution in [0.3, 0.4) is 0 Å². The number of hydrogen-bond acceptors (Lipinski definition) is 3. The minimum absolute atomic E-state index is 0.132. The lowest BCUT2D eigenvalue weighted by Crippen LogP contribution is -2.09. The van der Waals surface area contributed by atoms with E-state index in [9.17, 15) is 0 Å². The number of thiazole rings is 1. The van der Waals surface area contributed by atoms with Crippen LogP contribution in [0.1, 0.15) is 50.6 Å². The maximum absolute atomic E-state index is 5.63. The molecule has 1 aromatic carbocycles. The van der Waals surface area contributed by atoms with E-state index < -0.39 is 0 Å². The molecule has 0 aliphatic carbocycles. The Balaban J connectivity index is 2.40. The van der Waals surface area contributed by atoms with Gasteiger partial charge in [0.15, 0.2) is 0 Å². The summed E-state index contributed by atoms with van der Waals surface area (Å²) >= 11 is 1.80. The first-order chi connectivity index (χ1) is 8.41. The minimum atomic E-state index is 0.132. The molecule has 0 spiro atoms. The van der Waals surface area contributed by atoms with Crippen LogP contribution in [0.2, 0.25) is 0 Å². The number of hydrogen-bond donors (Lipinski definition) is 1. The second kappa shape index (κ2) is 4.98. The third-order valence-corrected chi connectivity index (χ3v) is 4.68. The van der Waals surface area contributed by atoms with Gasteiger partial charge < -0.3 is 5.73 Å². The zero-order valence-corrected chi connectivity index (χ0v) is 12.5. The summed E-state index contributed by atoms with van der Waals surface area (Å²) in [7, 11) is 0. The van der Waals surface area contributed by atoms with Crippen LogP contribution in [0.15, 0.2) is 18.2 Å². The van der Waals surface area contributed by atoms with Gasteiger partial charge in [-0.3, -0.25) is 0 Å². The highest BCUT2D eigenvalue weighted by atomic mass is 32.1. The van der Waals surface area contributed by atoms with E-state index in [0.717, 1.165) is 18.5 Å². The number of fused-ring (bicyclic) bond motifs is 1. The lowest BCUT2D eigenvalue weighted by atomic mass is 9.97. The highest BCUT2D eigenvalue weighted by Crippen LogP contribution is 2.32. The van der Waals surface area contributed by atoms with Gasteiger partial charge in [-0.15, -0.1) is 11.3 Å². The molecule has 98 valence electrons. The van der Waals surface area contributed by atoms with Gasteiger partial charge in [-0.25, -0.2) is 4.98 Å². The normalized spacial score (nSPS) is 14.1. The molecule has 0 saturated carbocycles. The molecule has 0 fully saturated rings. The van der Waals surface area contributed by atoms with Gasteiger partial charge in [0, 0.05) is 5.41 Å². The van der Waals surface area contributed by atoms with Gasteiger partial charge in [0.1, 0.15) is 0 Å². The Morgan fingerprint density at radius 2 is 2.06 bits per heavy atom. The number of benzene rings is 1. The Morgan fingerprint density at radius 3 is 2.67 bits per heavy atom. The number of nitrogens with zero attached hydrogens (tertiary/aromatic N) is 1. The van der Waals surface area contributed by atoms with Crippen molar-refractivity contribution in [2.24, 2.45) is 5.73 Å². The van der Waals surface area contributed by atoms with Gasteiger partial charge in [-0.1, -0.05) is 33.8 Å². The van der Waals surface area contributed by atoms with Gasteiger partial charge in [0.25, 0.3) is 0 Å². The lowest BCUT2D eigenvalue weighted by Gasteiger charge is -2.13. The van der Waals surface area contributed by atoms with Crippen LogP contribution in [0, 0.1) is 0 Å². The van der Waals surface area contributed by atoms with Gasteiger partial charge in [0.2, 0.25) is 0 Å². The molecule has 2 N–H and O–H groups in total. The molecule has 18 heavy (non-hydrogen) atoms. The summed E-state index contributed by atoms with van der Waals surface area (Å²) in [5, 5.41) is 1.21. The van der Waals surface area contributed by atoms with Crippen LogP contribution in [0.5, 0.6) is 0 Å². The topological polar surface area (TPSA) is 38.9 Å². The van der Waals surface area contributed by atoms with Crippen molar-refractivity contribution in [2.45, 2.75) is 45.4 Å². The molecule has 0 saturated heterocycles. The van der Waals surface area contributed by atoms with Gasteiger partial charge >= 0.3 is 0 Å². The van der Waals surface area contributed by atoms with E-state index in [1.54, 1.807) is 11.3 Å². The Morgan fingerprint density at radius 1 is 1.33 bits per heavy atom. The summed E-state index contributed by atoms with van der Waals surface area (Å²) in [4.78, 5) is 4.77. The maximum Gasteiger partial charge on any atom is 0.0992 e. The monoisotopic (exact) mass is 262 g/mol. The SMILES string of the molecule is CC(CCN)c1ccc2sc(C(C)(C)C)nc2c1. The van der Waals surface area contributed by atoms with Crippen molar-refractivity contribution >= 4 is 21.6 Å². The summed E-state index contributed by atoms with van der Waals surface area (Å²) in [5.41, 5.74) is 8.24. The van der Waals surface area contributed by atoms with Crippen LogP contribution in [0.25, 0.3) is 10.2 Å². The van der Waals surface area contributed by atoms with E-state index in [4.69, 9.17) is 10.7 Å². The van der Waals surface area contributed by atoms with Gasteiger partial charge in [0.05, 0.1) is 15.2 Å². The lowest BCUT2D eigenvalue weighted by molar-refractivity contribution is 0.587. The van der Waals surface area contributed by atoms with Crippen LogP contribution < -0.4 is 5.73 Å². The highest BCUT2D eigenvalue weighted by molar-refractivity contribution is 7.18. The third-order valence-electron chi connectivity index (χ3n) is 3.22. The number of nitrogens with two attached hydrogens (primary N) is 1. The van der Waals surface area contributed by atoms with E-state index >= 15 is 0 Å². The van der Waals surface area contributed by atoms with Crippen molar-refractivity contribution in [1.29, 1.82) is 0 Å². The van der Waals surface area contributed by atoms with Crippen LogP contribution in [-0.4, -0.2) is 11.5 Å². The molecule has 0 aliphatic heterocycles. The Labute approximate surface area is 113 Å². The summed E-state index contributed by atoms with van der Waals surface area (Å²) in [5.74, 6) is 0.513. The van der Waals surface area contributed by atoms with E-state index in [1.807, 2.05) is 0 Å². The third kappa shape index (κ3) is 2.73. The average molecular weight is 262 g/mol. The zero-order valence-electron chi connectivity index (χ0n) is 11.7. The van der Waals surface area contributed by atoms with Gasteiger partial charge in [-0.05, 0) is 36.6 Å². The predicted molar refractivity (Wildman–Crippen MR) is 80.4 cm³/mol. The van der Waals surface area contributed by atoms with Crippen molar-refractivity contribution in [1.82, 2.24) is 4.98 Å². The summed E-state index contributed by atoms with van der Waals surface area (Å²) in [6.07, 6.45) is 1.03.